The highest BCUT2D eigenvalue weighted by Gasteiger charge is 2.46. The molecule has 32 nitrogen and oxygen atoms in total. The van der Waals surface area contributed by atoms with Crippen LogP contribution in [0.2, 0.25) is 0 Å². The van der Waals surface area contributed by atoms with Crippen LogP contribution in [0.3, 0.4) is 0 Å². The molecule has 558 valence electrons. The van der Waals surface area contributed by atoms with E-state index in [4.69, 9.17) is 127 Å². The van der Waals surface area contributed by atoms with Gasteiger partial charge in [-0.05, 0) is 70.6 Å². The first-order valence-electron chi connectivity index (χ1n) is 31.5. The fourth-order valence-electron chi connectivity index (χ4n) is 9.50. The van der Waals surface area contributed by atoms with Crippen LogP contribution in [0, 0.1) is 17.3 Å². The molecule has 10 unspecified atom stereocenters. The standard InChI is InChI=1S/C54H107NO31P4S4/c1-38-45(60)47(62)41(31-56)84-51(38)75-22-8-11-25-80-89(68,93)82-28-15-19-73-36-54(34-71-17-7-10-24-79-88(67,92)70-4,37-74-20-16-29-83-90(69,94)81-26-12-9-23-76-52-39(2)46(61)48(63)42(32-57)85-52)35-72-18-14-27-78-87(66,91)30-13-5-6-21-77-53-44(55-40(3)59)50(65)49(64)43(33-58)86-53/h38-39,41-53,56-58,60-65H,5-37H2,1-4H3,(H,55,59)(H,66,91)(H,67,92)(H,68,93)(H,69,94)/p-4/t38?,39?,41?,42?,43?,44?,45-,46-,47+,48+,49+,50-,51-,52-,53-,54?,87?,88?,89?,90?/m1/s1. The van der Waals surface area contributed by atoms with Crippen molar-refractivity contribution in [2.24, 2.45) is 17.3 Å². The first kappa shape index (κ1) is 89.1. The van der Waals surface area contributed by atoms with Gasteiger partial charge in [0.05, 0.1) is 110 Å². The molecule has 0 spiro atoms. The average Bonchev–Trinajstić information content (AvgIpc) is 0.843. The summed E-state index contributed by atoms with van der Waals surface area (Å²) in [5.74, 6) is -1.60. The average molecular weight is 1510 g/mol. The molecule has 0 aromatic heterocycles. The Labute approximate surface area is 572 Å². The fraction of sp³-hybridized carbons (Fsp3) is 0.981. The molecule has 0 saturated carbocycles. The second kappa shape index (κ2) is 48.0. The second-order valence-corrected chi connectivity index (χ2v) is 34.9. The third-order valence-electron chi connectivity index (χ3n) is 15.0. The predicted molar refractivity (Wildman–Crippen MR) is 344 cm³/mol. The van der Waals surface area contributed by atoms with Crippen molar-refractivity contribution in [3.8, 4) is 0 Å². The zero-order valence-corrected chi connectivity index (χ0v) is 60.8. The van der Waals surface area contributed by atoms with E-state index in [1.165, 1.54) is 14.0 Å². The summed E-state index contributed by atoms with van der Waals surface area (Å²) in [7, 11) is 1.19. The molecule has 0 bridgehead atoms. The lowest BCUT2D eigenvalue weighted by molar-refractivity contribution is -0.282. The van der Waals surface area contributed by atoms with E-state index in [2.05, 4.69) is 5.32 Å². The van der Waals surface area contributed by atoms with E-state index in [1.54, 1.807) is 13.8 Å². The summed E-state index contributed by atoms with van der Waals surface area (Å²) in [6, 6.07) is -1.08. The molecule has 10 N–H and O–H groups in total. The third kappa shape index (κ3) is 35.3. The van der Waals surface area contributed by atoms with Crippen molar-refractivity contribution in [3.63, 3.8) is 0 Å². The van der Waals surface area contributed by atoms with Gasteiger partial charge < -0.3 is 162 Å². The summed E-state index contributed by atoms with van der Waals surface area (Å²) in [6.07, 6.45) is -8.91. The number of nitrogens with one attached hydrogen (secondary N) is 1. The van der Waals surface area contributed by atoms with E-state index >= 15 is 0 Å². The number of rotatable bonds is 55. The monoisotopic (exact) mass is 1510 g/mol. The maximum atomic E-state index is 13.3. The first-order chi connectivity index (χ1) is 44.6. The summed E-state index contributed by atoms with van der Waals surface area (Å²) in [5.41, 5.74) is -0.996. The van der Waals surface area contributed by atoms with Crippen molar-refractivity contribution in [2.75, 3.05) is 145 Å². The van der Waals surface area contributed by atoms with E-state index in [9.17, 15) is 70.0 Å². The Bertz CT molecular complexity index is 2160. The van der Waals surface area contributed by atoms with Crippen molar-refractivity contribution in [2.45, 2.75) is 178 Å². The van der Waals surface area contributed by atoms with Gasteiger partial charge in [0.1, 0.15) is 68.9 Å². The van der Waals surface area contributed by atoms with Crippen LogP contribution in [0.4, 0.5) is 0 Å². The van der Waals surface area contributed by atoms with Crippen LogP contribution in [-0.4, -0.2) is 277 Å². The molecule has 3 saturated heterocycles. The van der Waals surface area contributed by atoms with Crippen molar-refractivity contribution in [1.82, 2.24) is 5.32 Å². The molecule has 3 aliphatic heterocycles. The number of aliphatic hydroxyl groups excluding tert-OH is 9. The summed E-state index contributed by atoms with van der Waals surface area (Å²) < 4.78 is 109. The van der Waals surface area contributed by atoms with Crippen LogP contribution in [-0.2, 0) is 136 Å². The van der Waals surface area contributed by atoms with Gasteiger partial charge in [0, 0.05) is 78.3 Å². The quantitative estimate of drug-likeness (QED) is 0.0200. The number of hydrogen-bond donors (Lipinski definition) is 10. The van der Waals surface area contributed by atoms with Crippen LogP contribution >= 0.6 is 26.7 Å². The highest BCUT2D eigenvalue weighted by molar-refractivity contribution is 8.34. The van der Waals surface area contributed by atoms with Gasteiger partial charge in [-0.25, -0.2) is 0 Å². The number of hydrogen-bond acceptors (Lipinski definition) is 35. The zero-order valence-electron chi connectivity index (χ0n) is 53.9. The topological polar surface area (TPSA) is 454 Å². The third-order valence-corrected chi connectivity index (χ3v) is 22.3. The molecule has 0 aliphatic carbocycles. The summed E-state index contributed by atoms with van der Waals surface area (Å²) in [5, 5.41) is 92.6. The SMILES string of the molecule is COP([O-])(=S)OCCCCOCC(COCCCOP(=O)([S-])CCCCCO[C@@H]1OC(CO)[C@H](O)[C@H](O)C1NC(C)=O)(COCCCOP([O-])(=S)OCCCCO[C@@H]1OC(CO)[C@H](O)[C@H](O)C1C)COCCCOP([O-])(=S)OCCCCO[C@@H]1OC(CO)[C@H](O)[C@H](O)C1C. The van der Waals surface area contributed by atoms with E-state index in [1.807, 2.05) is 0 Å². The number of carbonyl (C=O) groups is 1. The molecule has 3 rings (SSSR count). The minimum Gasteiger partial charge on any atom is -0.780 e. The Hall–Kier alpha value is 0.840. The molecule has 0 radical (unpaired) electrons. The summed E-state index contributed by atoms with van der Waals surface area (Å²) >= 11 is 20.3. The molecular weight excluding hydrogens is 1410 g/mol. The molecular formula is C54H103NO31P4S4-4. The van der Waals surface area contributed by atoms with Crippen LogP contribution in [0.15, 0.2) is 0 Å². The molecule has 19 atom stereocenters. The van der Waals surface area contributed by atoms with Crippen LogP contribution < -0.4 is 20.0 Å². The number of ether oxygens (including phenoxy) is 10. The molecule has 1 amide bonds. The predicted octanol–water partition coefficient (Wildman–Crippen LogP) is -0.895. The van der Waals surface area contributed by atoms with E-state index in [-0.39, 0.29) is 138 Å². The normalized spacial score (nSPS) is 30.0. The lowest BCUT2D eigenvalue weighted by Gasteiger charge is -2.42. The summed E-state index contributed by atoms with van der Waals surface area (Å²) in [4.78, 5) is 49.8. The van der Waals surface area contributed by atoms with Gasteiger partial charge in [0.25, 0.3) is 0 Å². The van der Waals surface area contributed by atoms with Crippen molar-refractivity contribution >= 4 is 80.3 Å². The van der Waals surface area contributed by atoms with Gasteiger partial charge in [0.15, 0.2) is 18.9 Å². The van der Waals surface area contributed by atoms with Gasteiger partial charge in [-0.3, -0.25) is 4.79 Å². The number of aliphatic hydroxyl groups is 9. The van der Waals surface area contributed by atoms with Gasteiger partial charge >= 0.3 is 0 Å². The Kier molecular flexibility index (Phi) is 45.5. The van der Waals surface area contributed by atoms with Gasteiger partial charge in [-0.2, -0.15) is 0 Å². The van der Waals surface area contributed by atoms with E-state index in [0.717, 1.165) is 0 Å². The second-order valence-electron chi connectivity index (χ2n) is 23.0. The Morgan fingerprint density at radius 2 is 0.787 bits per heavy atom. The maximum Gasteiger partial charge on any atom is 0.217 e. The van der Waals surface area contributed by atoms with E-state index in [0.29, 0.717) is 57.8 Å². The maximum absolute atomic E-state index is 13.3. The number of amides is 1. The lowest BCUT2D eigenvalue weighted by atomic mass is 9.92. The molecule has 0 aromatic carbocycles. The Morgan fingerprint density at radius 1 is 0.468 bits per heavy atom. The van der Waals surface area contributed by atoms with E-state index < -0.39 is 150 Å². The molecule has 3 heterocycles. The molecule has 94 heavy (non-hydrogen) atoms. The first-order valence-corrected chi connectivity index (χ1v) is 42.0. The number of carbonyl (C=O) groups excluding carboxylic acids is 1. The minimum absolute atomic E-state index is 0.00194. The smallest absolute Gasteiger partial charge is 0.217 e. The van der Waals surface area contributed by atoms with Crippen LogP contribution in [0.25, 0.3) is 0 Å². The molecule has 3 aliphatic rings. The van der Waals surface area contributed by atoms with Crippen molar-refractivity contribution in [3.05, 3.63) is 0 Å². The van der Waals surface area contributed by atoms with Crippen molar-refractivity contribution < 1.29 is 149 Å². The molecule has 40 heteroatoms. The Morgan fingerprint density at radius 3 is 1.18 bits per heavy atom. The van der Waals surface area contributed by atoms with Gasteiger partial charge in [-0.1, -0.05) is 55.7 Å². The summed E-state index contributed by atoms with van der Waals surface area (Å²) in [6.45, 7) is -11.1. The largest absolute Gasteiger partial charge is 0.780 e. The van der Waals surface area contributed by atoms with Crippen LogP contribution in [0.5, 0.6) is 0 Å². The number of unbranched alkanes of at least 4 members (excludes halogenated alkanes) is 5. The molecule has 0 aromatic rings. The Balaban J connectivity index is 1.55. The van der Waals surface area contributed by atoms with Gasteiger partial charge in [0.2, 0.25) is 5.91 Å². The highest BCUT2D eigenvalue weighted by atomic mass is 32.7. The lowest BCUT2D eigenvalue weighted by Crippen LogP contribution is -2.64. The minimum atomic E-state index is -3.91. The zero-order chi connectivity index (χ0) is 69.8. The fourth-order valence-corrected chi connectivity index (χ4v) is 14.4. The van der Waals surface area contributed by atoms with Crippen molar-refractivity contribution in [1.29, 1.82) is 0 Å². The van der Waals surface area contributed by atoms with Crippen LogP contribution in [0.1, 0.15) is 97.8 Å². The van der Waals surface area contributed by atoms with Gasteiger partial charge in [-0.15, -0.1) is 0 Å². The highest BCUT2D eigenvalue weighted by Crippen LogP contribution is 2.45. The molecule has 3 fully saturated rings.